The number of para-hydroxylation sites is 2. The van der Waals surface area contributed by atoms with E-state index in [2.05, 4.69) is 36.1 Å². The van der Waals surface area contributed by atoms with Crippen molar-refractivity contribution in [2.45, 2.75) is 84.5 Å². The van der Waals surface area contributed by atoms with Crippen molar-refractivity contribution in [2.24, 2.45) is 5.41 Å². The van der Waals surface area contributed by atoms with Gasteiger partial charge in [-0.2, -0.15) is 0 Å². The number of aliphatic hydroxyl groups is 1. The number of rotatable bonds is 17. The summed E-state index contributed by atoms with van der Waals surface area (Å²) < 4.78 is 0. The zero-order valence-corrected chi connectivity index (χ0v) is 37.5. The maximum Gasteiger partial charge on any atom is 0.255 e. The van der Waals surface area contributed by atoms with E-state index in [1.165, 1.54) is 4.90 Å². The van der Waals surface area contributed by atoms with Crippen LogP contribution in [0.25, 0.3) is 10.4 Å². The van der Waals surface area contributed by atoms with E-state index in [1.54, 1.807) is 59.9 Å². The maximum absolute atomic E-state index is 14.0. The third-order valence-electron chi connectivity index (χ3n) is 11.6. The minimum absolute atomic E-state index is 0.0192. The summed E-state index contributed by atoms with van der Waals surface area (Å²) in [4.78, 5) is 77.5. The minimum atomic E-state index is -0.876. The second kappa shape index (κ2) is 21.6. The van der Waals surface area contributed by atoms with Gasteiger partial charge in [0, 0.05) is 69.8 Å². The average Bonchev–Trinajstić information content (AvgIpc) is 3.88. The van der Waals surface area contributed by atoms with E-state index in [0.29, 0.717) is 41.9 Å². The van der Waals surface area contributed by atoms with E-state index in [1.807, 2.05) is 57.5 Å². The van der Waals surface area contributed by atoms with Gasteiger partial charge >= 0.3 is 0 Å². The molecule has 7 N–H and O–H groups in total. The lowest BCUT2D eigenvalue weighted by Gasteiger charge is -2.36. The summed E-state index contributed by atoms with van der Waals surface area (Å²) in [6.07, 6.45) is 1.25. The van der Waals surface area contributed by atoms with Crippen molar-refractivity contribution in [2.75, 3.05) is 62.2 Å². The molecule has 0 bridgehead atoms. The molecular formula is C47H61N9O6S. The molecule has 2 saturated heterocycles. The Morgan fingerprint density at radius 3 is 2.10 bits per heavy atom. The van der Waals surface area contributed by atoms with Crippen LogP contribution in [-0.4, -0.2) is 118 Å². The number of aliphatic hydroxyl groups excluding tert-OH is 1. The summed E-state index contributed by atoms with van der Waals surface area (Å²) in [7, 11) is 0. The van der Waals surface area contributed by atoms with Crippen molar-refractivity contribution >= 4 is 57.9 Å². The second-order valence-electron chi connectivity index (χ2n) is 17.5. The van der Waals surface area contributed by atoms with Crippen LogP contribution in [0.2, 0.25) is 0 Å². The normalized spacial score (nSPS) is 17.5. The zero-order valence-electron chi connectivity index (χ0n) is 36.7. The fraction of sp³-hybridized carbons (Fsp3) is 0.447. The number of likely N-dealkylation sites (tertiary alicyclic amines) is 1. The van der Waals surface area contributed by atoms with Gasteiger partial charge in [0.2, 0.25) is 23.6 Å². The third kappa shape index (κ3) is 13.2. The van der Waals surface area contributed by atoms with Crippen molar-refractivity contribution < 1.29 is 29.1 Å². The van der Waals surface area contributed by atoms with Gasteiger partial charge in [0.25, 0.3) is 5.91 Å². The smallest absolute Gasteiger partial charge is 0.255 e. The highest BCUT2D eigenvalue weighted by molar-refractivity contribution is 7.13. The molecule has 3 heterocycles. The van der Waals surface area contributed by atoms with Gasteiger partial charge in [-0.25, -0.2) is 4.98 Å². The largest absolute Gasteiger partial charge is 0.397 e. The van der Waals surface area contributed by atoms with Crippen molar-refractivity contribution in [1.82, 2.24) is 30.3 Å². The number of benzene rings is 3. The number of aryl methyl sites for hydroxylation is 1. The van der Waals surface area contributed by atoms with Gasteiger partial charge in [-0.3, -0.25) is 24.0 Å². The fourth-order valence-corrected chi connectivity index (χ4v) is 8.72. The number of nitrogens with one attached hydrogen (secondary N) is 4. The molecule has 4 aromatic rings. The highest BCUT2D eigenvalue weighted by Gasteiger charge is 2.44. The van der Waals surface area contributed by atoms with Crippen LogP contribution in [0.3, 0.4) is 0 Å². The molecule has 3 aromatic carbocycles. The van der Waals surface area contributed by atoms with Crippen LogP contribution in [0.5, 0.6) is 0 Å². The summed E-state index contributed by atoms with van der Waals surface area (Å²) in [5.74, 6) is -1.32. The molecule has 2 aliphatic rings. The van der Waals surface area contributed by atoms with Gasteiger partial charge in [0.1, 0.15) is 12.1 Å². The molecule has 0 spiro atoms. The Kier molecular flexibility index (Phi) is 16.1. The number of hydrogen-bond donors (Lipinski definition) is 6. The van der Waals surface area contributed by atoms with Crippen molar-refractivity contribution in [1.29, 1.82) is 0 Å². The molecule has 0 saturated carbocycles. The van der Waals surface area contributed by atoms with E-state index in [9.17, 15) is 29.1 Å². The standard InChI is InChI=1S/C47H61N9O6S/c1-31-42(63-30-50-31)33-15-13-32(14-16-33)28-49-45(61)39-27-36(57)29-56(39)46(62)43(47(2,3)4)53-41(59)12-8-22-55-25-23-54(24-26-55)21-7-11-40(58)51-35-19-17-34(18-20-35)44(60)52-38-10-6-5-9-37(38)48/h5-6,9-10,13-20,30,36,39,43,57H,7-8,11-12,21-29,48H2,1-4H3,(H,49,61)(H,51,58)(H,52,60)(H,53,59)/t36-,39+,43-/m1/s1. The third-order valence-corrected chi connectivity index (χ3v) is 12.6. The molecule has 1 aromatic heterocycles. The monoisotopic (exact) mass is 879 g/mol. The average molecular weight is 880 g/mol. The molecule has 15 nitrogen and oxygen atoms in total. The predicted octanol–water partition coefficient (Wildman–Crippen LogP) is 4.88. The van der Waals surface area contributed by atoms with Crippen LogP contribution < -0.4 is 27.0 Å². The number of nitrogens with zero attached hydrogens (tertiary/aromatic N) is 4. The van der Waals surface area contributed by atoms with Crippen LogP contribution in [0.4, 0.5) is 17.1 Å². The summed E-state index contributed by atoms with van der Waals surface area (Å²) >= 11 is 1.58. The lowest BCUT2D eigenvalue weighted by Crippen LogP contribution is -2.57. The Morgan fingerprint density at radius 2 is 1.49 bits per heavy atom. The zero-order chi connectivity index (χ0) is 45.1. The fourth-order valence-electron chi connectivity index (χ4n) is 7.91. The van der Waals surface area contributed by atoms with E-state index in [0.717, 1.165) is 61.0 Å². The summed E-state index contributed by atoms with van der Waals surface area (Å²) in [6, 6.07) is 20.0. The highest BCUT2D eigenvalue weighted by Crippen LogP contribution is 2.29. The molecule has 0 aliphatic carbocycles. The first-order valence-corrected chi connectivity index (χ1v) is 22.6. The molecule has 3 atom stereocenters. The molecule has 0 unspecified atom stereocenters. The van der Waals surface area contributed by atoms with Crippen LogP contribution in [0.15, 0.2) is 78.3 Å². The van der Waals surface area contributed by atoms with Crippen molar-refractivity contribution in [3.05, 3.63) is 95.1 Å². The van der Waals surface area contributed by atoms with Crippen LogP contribution in [0.1, 0.15) is 74.5 Å². The second-order valence-corrected chi connectivity index (χ2v) is 18.4. The Bertz CT molecular complexity index is 2200. The van der Waals surface area contributed by atoms with Crippen LogP contribution in [0, 0.1) is 12.3 Å². The summed E-state index contributed by atoms with van der Waals surface area (Å²) in [5, 5.41) is 22.2. The van der Waals surface area contributed by atoms with Crippen molar-refractivity contribution in [3.63, 3.8) is 0 Å². The first-order valence-electron chi connectivity index (χ1n) is 21.7. The van der Waals surface area contributed by atoms with E-state index >= 15 is 0 Å². The van der Waals surface area contributed by atoms with Gasteiger partial charge in [-0.1, -0.05) is 57.2 Å². The maximum atomic E-state index is 14.0. The number of aromatic nitrogens is 1. The molecule has 336 valence electrons. The number of anilines is 3. The van der Waals surface area contributed by atoms with Crippen LogP contribution >= 0.6 is 11.3 Å². The molecule has 2 aliphatic heterocycles. The van der Waals surface area contributed by atoms with Crippen LogP contribution in [-0.2, 0) is 25.7 Å². The number of hydrogen-bond acceptors (Lipinski definition) is 11. The minimum Gasteiger partial charge on any atom is -0.397 e. The molecule has 2 fully saturated rings. The number of amides is 5. The lowest BCUT2D eigenvalue weighted by atomic mass is 9.85. The topological polar surface area (TPSA) is 202 Å². The van der Waals surface area contributed by atoms with Crippen molar-refractivity contribution in [3.8, 4) is 10.4 Å². The first kappa shape index (κ1) is 46.8. The molecule has 5 amide bonds. The number of carbonyl (C=O) groups is 5. The molecule has 63 heavy (non-hydrogen) atoms. The van der Waals surface area contributed by atoms with Gasteiger partial charge in [-0.05, 0) is 85.8 Å². The molecule has 0 radical (unpaired) electrons. The Labute approximate surface area is 373 Å². The van der Waals surface area contributed by atoms with Gasteiger partial charge in [0.15, 0.2) is 0 Å². The summed E-state index contributed by atoms with van der Waals surface area (Å²) in [6.45, 7) is 12.9. The number of piperazine rings is 1. The Balaban J connectivity index is 0.873. The molecule has 6 rings (SSSR count). The van der Waals surface area contributed by atoms with E-state index in [4.69, 9.17) is 5.73 Å². The SMILES string of the molecule is Cc1ncsc1-c1ccc(CNC(=O)[C@@H]2C[C@@H](O)CN2C(=O)[C@@H](NC(=O)CCCN2CCN(CCCC(=O)Nc3ccc(C(=O)Nc4ccccc4N)cc3)CC2)C(C)(C)C)cc1. The summed E-state index contributed by atoms with van der Waals surface area (Å²) in [5.41, 5.74) is 12.1. The molecular weight excluding hydrogens is 819 g/mol. The van der Waals surface area contributed by atoms with Gasteiger partial charge in [0.05, 0.1) is 33.6 Å². The quantitative estimate of drug-likeness (QED) is 0.0795. The number of carbonyl (C=O) groups excluding carboxylic acids is 5. The van der Waals surface area contributed by atoms with Gasteiger partial charge in [-0.15, -0.1) is 11.3 Å². The van der Waals surface area contributed by atoms with Gasteiger partial charge < -0.3 is 46.8 Å². The predicted molar refractivity (Wildman–Crippen MR) is 247 cm³/mol. The first-order chi connectivity index (χ1) is 30.1. The van der Waals surface area contributed by atoms with E-state index in [-0.39, 0.29) is 55.5 Å². The number of nitrogens with two attached hydrogens (primary N) is 1. The van der Waals surface area contributed by atoms with E-state index < -0.39 is 23.6 Å². The Hall–Kier alpha value is -5.68. The number of thiazole rings is 1. The Morgan fingerprint density at radius 1 is 0.857 bits per heavy atom. The lowest BCUT2D eigenvalue weighted by molar-refractivity contribution is -0.144. The number of β-amino-alcohol motifs (C(OH)–C–C–N with tert-alkyl or cyclic N) is 1. The molecule has 16 heteroatoms. The highest BCUT2D eigenvalue weighted by atomic mass is 32.1. The number of nitrogen functional groups attached to an aromatic ring is 1.